The second-order valence-electron chi connectivity index (χ2n) is 7.59. The van der Waals surface area contributed by atoms with Gasteiger partial charge in [-0.3, -0.25) is 4.79 Å². The maximum Gasteiger partial charge on any atom is 0.229 e. The molecule has 0 aromatic heterocycles. The molecule has 0 radical (unpaired) electrons. The number of amides is 1. The second-order valence-corrected chi connectivity index (χ2v) is 7.59. The number of rotatable bonds is 3. The van der Waals surface area contributed by atoms with Crippen molar-refractivity contribution in [3.05, 3.63) is 23.8 Å². The molecule has 0 N–H and O–H groups in total. The van der Waals surface area contributed by atoms with Crippen LogP contribution in [0.3, 0.4) is 0 Å². The summed E-state index contributed by atoms with van der Waals surface area (Å²) in [5.41, 5.74) is 1.08. The van der Waals surface area contributed by atoms with Crippen molar-refractivity contribution < 1.29 is 14.3 Å². The highest BCUT2D eigenvalue weighted by Crippen LogP contribution is 2.37. The predicted octanol–water partition coefficient (Wildman–Crippen LogP) is 2.33. The molecular formula is C20H28N2O3. The number of likely N-dealkylation sites (N-methyl/N-ethyl adjacent to an activating group) is 1. The van der Waals surface area contributed by atoms with Gasteiger partial charge < -0.3 is 19.3 Å². The number of carbonyl (C=O) groups is 1. The normalized spacial score (nSPS) is 29.4. The molecule has 3 heterocycles. The van der Waals surface area contributed by atoms with E-state index in [9.17, 15) is 4.79 Å². The summed E-state index contributed by atoms with van der Waals surface area (Å²) >= 11 is 0. The highest BCUT2D eigenvalue weighted by molar-refractivity contribution is 5.80. The van der Waals surface area contributed by atoms with Crippen molar-refractivity contribution in [2.45, 2.75) is 44.2 Å². The van der Waals surface area contributed by atoms with Gasteiger partial charge in [-0.25, -0.2) is 0 Å². The number of nitrogens with zero attached hydrogens (tertiary/aromatic N) is 2. The number of benzene rings is 1. The van der Waals surface area contributed by atoms with Gasteiger partial charge >= 0.3 is 0 Å². The van der Waals surface area contributed by atoms with E-state index in [1.54, 1.807) is 7.11 Å². The molecule has 5 nitrogen and oxygen atoms in total. The van der Waals surface area contributed by atoms with Crippen LogP contribution in [-0.4, -0.2) is 61.6 Å². The molecule has 0 unspecified atom stereocenters. The summed E-state index contributed by atoms with van der Waals surface area (Å²) in [4.78, 5) is 17.8. The van der Waals surface area contributed by atoms with Crippen LogP contribution in [0.15, 0.2) is 18.2 Å². The first kappa shape index (κ1) is 16.7. The van der Waals surface area contributed by atoms with Crippen molar-refractivity contribution >= 4 is 5.91 Å². The van der Waals surface area contributed by atoms with Crippen molar-refractivity contribution in [3.8, 4) is 11.5 Å². The summed E-state index contributed by atoms with van der Waals surface area (Å²) in [6, 6.07) is 6.84. The summed E-state index contributed by atoms with van der Waals surface area (Å²) < 4.78 is 11.3. The molecule has 1 aromatic rings. The van der Waals surface area contributed by atoms with Gasteiger partial charge in [-0.2, -0.15) is 0 Å². The Morgan fingerprint density at radius 3 is 2.76 bits per heavy atom. The third kappa shape index (κ3) is 2.99. The number of ether oxygens (including phenoxy) is 2. The first-order valence-corrected chi connectivity index (χ1v) is 9.48. The van der Waals surface area contributed by atoms with E-state index in [0.717, 1.165) is 49.4 Å². The molecule has 3 aliphatic heterocycles. The third-order valence-electron chi connectivity index (χ3n) is 6.13. The van der Waals surface area contributed by atoms with Gasteiger partial charge in [0.2, 0.25) is 5.91 Å². The lowest BCUT2D eigenvalue weighted by Crippen LogP contribution is -2.50. The zero-order valence-electron chi connectivity index (χ0n) is 15.2. The lowest BCUT2D eigenvalue weighted by Gasteiger charge is -2.36. The van der Waals surface area contributed by atoms with Gasteiger partial charge in [0.1, 0.15) is 6.61 Å². The first-order valence-electron chi connectivity index (χ1n) is 9.48. The summed E-state index contributed by atoms with van der Waals surface area (Å²) in [5, 5.41) is 0. The van der Waals surface area contributed by atoms with Crippen molar-refractivity contribution in [3.63, 3.8) is 0 Å². The van der Waals surface area contributed by atoms with Crippen LogP contribution in [0.1, 0.15) is 31.2 Å². The average Bonchev–Trinajstić information content (AvgIpc) is 3.28. The summed E-state index contributed by atoms with van der Waals surface area (Å²) in [7, 11) is 3.86. The van der Waals surface area contributed by atoms with Crippen LogP contribution in [0.2, 0.25) is 0 Å². The third-order valence-corrected chi connectivity index (χ3v) is 6.13. The van der Waals surface area contributed by atoms with Crippen molar-refractivity contribution in [1.82, 2.24) is 9.80 Å². The molecule has 2 fully saturated rings. The van der Waals surface area contributed by atoms with E-state index in [0.29, 0.717) is 18.7 Å². The number of hydrogen-bond donors (Lipinski definition) is 0. The minimum absolute atomic E-state index is 0.0769. The van der Waals surface area contributed by atoms with E-state index in [2.05, 4.69) is 16.8 Å². The van der Waals surface area contributed by atoms with E-state index in [1.807, 2.05) is 18.2 Å². The van der Waals surface area contributed by atoms with Crippen molar-refractivity contribution in [2.75, 3.05) is 33.9 Å². The molecule has 0 spiro atoms. The topological polar surface area (TPSA) is 42.0 Å². The molecule has 3 atom stereocenters. The number of hydrogen-bond acceptors (Lipinski definition) is 4. The Morgan fingerprint density at radius 2 is 2.00 bits per heavy atom. The number of fused-ring (bicyclic) bond motifs is 1. The zero-order chi connectivity index (χ0) is 17.4. The highest BCUT2D eigenvalue weighted by atomic mass is 16.5. The minimum Gasteiger partial charge on any atom is -0.493 e. The second kappa shape index (κ2) is 6.87. The summed E-state index contributed by atoms with van der Waals surface area (Å²) in [6.45, 7) is 2.51. The quantitative estimate of drug-likeness (QED) is 0.844. The maximum absolute atomic E-state index is 13.2. The zero-order valence-corrected chi connectivity index (χ0v) is 15.2. The Morgan fingerprint density at radius 1 is 1.20 bits per heavy atom. The van der Waals surface area contributed by atoms with Crippen molar-refractivity contribution in [2.24, 2.45) is 5.92 Å². The van der Waals surface area contributed by atoms with E-state index in [-0.39, 0.29) is 11.8 Å². The average molecular weight is 344 g/mol. The Balaban J connectivity index is 1.49. The van der Waals surface area contributed by atoms with Crippen LogP contribution in [0.25, 0.3) is 0 Å². The molecule has 136 valence electrons. The van der Waals surface area contributed by atoms with Crippen LogP contribution in [0.5, 0.6) is 11.5 Å². The van der Waals surface area contributed by atoms with Crippen LogP contribution in [0, 0.1) is 5.92 Å². The van der Waals surface area contributed by atoms with E-state index in [1.165, 1.54) is 12.8 Å². The Bertz CT molecular complexity index is 648. The SMILES string of the molecule is COc1cccc2c1OC[C@H](C(=O)N1CCC[C@H]1[C@H]1CCCN1C)C2. The van der Waals surface area contributed by atoms with E-state index >= 15 is 0 Å². The molecule has 2 saturated heterocycles. The van der Waals surface area contributed by atoms with Crippen molar-refractivity contribution in [1.29, 1.82) is 0 Å². The molecule has 1 aromatic carbocycles. The summed E-state index contributed by atoms with van der Waals surface area (Å²) in [6.07, 6.45) is 5.47. The smallest absolute Gasteiger partial charge is 0.229 e. The molecule has 3 aliphatic rings. The first-order chi connectivity index (χ1) is 12.2. The lowest BCUT2D eigenvalue weighted by atomic mass is 9.94. The van der Waals surface area contributed by atoms with Gasteiger partial charge in [0.25, 0.3) is 0 Å². The fourth-order valence-corrected chi connectivity index (χ4v) is 4.84. The van der Waals surface area contributed by atoms with Gasteiger partial charge in [0, 0.05) is 18.6 Å². The molecule has 1 amide bonds. The highest BCUT2D eigenvalue weighted by Gasteiger charge is 2.41. The van der Waals surface area contributed by atoms with Gasteiger partial charge in [-0.05, 0) is 57.3 Å². The maximum atomic E-state index is 13.2. The fourth-order valence-electron chi connectivity index (χ4n) is 4.84. The molecule has 0 saturated carbocycles. The Hall–Kier alpha value is -1.75. The largest absolute Gasteiger partial charge is 0.493 e. The fraction of sp³-hybridized carbons (Fsp3) is 0.650. The number of para-hydroxylation sites is 1. The van der Waals surface area contributed by atoms with E-state index < -0.39 is 0 Å². The number of carbonyl (C=O) groups excluding carboxylic acids is 1. The van der Waals surface area contributed by atoms with Crippen LogP contribution < -0.4 is 9.47 Å². The van der Waals surface area contributed by atoms with Gasteiger partial charge in [0.15, 0.2) is 11.5 Å². The van der Waals surface area contributed by atoms with Crippen LogP contribution >= 0.6 is 0 Å². The molecule has 4 rings (SSSR count). The molecular weight excluding hydrogens is 316 g/mol. The summed E-state index contributed by atoms with van der Waals surface area (Å²) in [5.74, 6) is 1.76. The lowest BCUT2D eigenvalue weighted by molar-refractivity contribution is -0.138. The molecule has 25 heavy (non-hydrogen) atoms. The molecule has 5 heteroatoms. The number of likely N-dealkylation sites (tertiary alicyclic amines) is 2. The Kier molecular flexibility index (Phi) is 4.59. The molecule has 0 bridgehead atoms. The minimum atomic E-state index is -0.0769. The van der Waals surface area contributed by atoms with E-state index in [4.69, 9.17) is 9.47 Å². The predicted molar refractivity (Wildman–Crippen MR) is 96.1 cm³/mol. The monoisotopic (exact) mass is 344 g/mol. The van der Waals surface area contributed by atoms with Gasteiger partial charge in [0.05, 0.1) is 13.0 Å². The molecule has 0 aliphatic carbocycles. The Labute approximate surface area is 149 Å². The van der Waals surface area contributed by atoms with Crippen LogP contribution in [0.4, 0.5) is 0 Å². The number of methoxy groups -OCH3 is 1. The van der Waals surface area contributed by atoms with Crippen LogP contribution in [-0.2, 0) is 11.2 Å². The standard InChI is InChI=1S/C20H28N2O3/c1-21-10-4-7-16(21)17-8-5-11-22(17)20(23)15-12-14-6-3-9-18(24-2)19(14)25-13-15/h3,6,9,15-17H,4-5,7-8,10-13H2,1-2H3/t15-,16-,17+/m1/s1. The van der Waals surface area contributed by atoms with Gasteiger partial charge in [-0.15, -0.1) is 0 Å². The van der Waals surface area contributed by atoms with Gasteiger partial charge in [-0.1, -0.05) is 12.1 Å².